The number of aromatic nitrogens is 4. The summed E-state index contributed by atoms with van der Waals surface area (Å²) in [7, 11) is 0. The third-order valence-electron chi connectivity index (χ3n) is 3.82. The summed E-state index contributed by atoms with van der Waals surface area (Å²) in [6.07, 6.45) is 0. The maximum atomic E-state index is 4.71. The van der Waals surface area contributed by atoms with Crippen LogP contribution in [-0.2, 0) is 26.2 Å². The Morgan fingerprint density at radius 3 is 1.77 bits per heavy atom. The normalized spacial score (nSPS) is 14.8. The topological polar surface area (TPSA) is 75.6 Å². The highest BCUT2D eigenvalue weighted by molar-refractivity contribution is 7.14. The lowest BCUT2D eigenvalue weighted by Gasteiger charge is -2.00. The zero-order chi connectivity index (χ0) is 17.3. The van der Waals surface area contributed by atoms with Crippen LogP contribution < -0.4 is 10.6 Å². The highest BCUT2D eigenvalue weighted by Gasteiger charge is 2.12. The fourth-order valence-corrected chi connectivity index (χ4v) is 5.71. The van der Waals surface area contributed by atoms with Crippen LogP contribution in [0.25, 0.3) is 22.1 Å². The molecular formula is C16H14N6S4. The minimum absolute atomic E-state index is 0.727. The minimum atomic E-state index is 0.727. The Balaban J connectivity index is 1.43. The third kappa shape index (κ3) is 3.48. The minimum Gasteiger partial charge on any atom is -0.305 e. The van der Waals surface area contributed by atoms with E-state index < -0.39 is 0 Å². The van der Waals surface area contributed by atoms with E-state index in [1.165, 1.54) is 0 Å². The van der Waals surface area contributed by atoms with E-state index in [0.29, 0.717) is 0 Å². The van der Waals surface area contributed by atoms with E-state index in [1.54, 1.807) is 45.3 Å². The molecule has 1 aliphatic heterocycles. The van der Waals surface area contributed by atoms with Crippen LogP contribution in [0.15, 0.2) is 21.5 Å². The molecule has 2 N–H and O–H groups in total. The largest absolute Gasteiger partial charge is 0.305 e. The molecule has 0 atom stereocenters. The lowest BCUT2D eigenvalue weighted by Crippen LogP contribution is -2.13. The zero-order valence-electron chi connectivity index (χ0n) is 13.6. The van der Waals surface area contributed by atoms with Gasteiger partial charge in [-0.3, -0.25) is 0 Å². The maximum Gasteiger partial charge on any atom is 0.143 e. The smallest absolute Gasteiger partial charge is 0.143 e. The van der Waals surface area contributed by atoms with Crippen molar-refractivity contribution in [1.82, 2.24) is 30.6 Å². The number of hydrogen-bond acceptors (Lipinski definition) is 10. The maximum absolute atomic E-state index is 4.71. The lowest BCUT2D eigenvalue weighted by atomic mass is 10.4. The van der Waals surface area contributed by atoms with Gasteiger partial charge in [-0.2, -0.15) is 0 Å². The molecule has 0 amide bonds. The average molecular weight is 419 g/mol. The van der Waals surface area contributed by atoms with Crippen molar-refractivity contribution in [3.05, 3.63) is 42.2 Å². The zero-order valence-corrected chi connectivity index (χ0v) is 16.8. The van der Waals surface area contributed by atoms with Crippen molar-refractivity contribution in [3.8, 4) is 22.1 Å². The molecule has 132 valence electrons. The van der Waals surface area contributed by atoms with Gasteiger partial charge in [-0.15, -0.1) is 45.3 Å². The van der Waals surface area contributed by atoms with E-state index in [-0.39, 0.29) is 0 Å². The van der Waals surface area contributed by atoms with Crippen molar-refractivity contribution in [2.24, 2.45) is 0 Å². The molecule has 1 aliphatic rings. The first kappa shape index (κ1) is 16.6. The van der Waals surface area contributed by atoms with Crippen LogP contribution in [0.2, 0.25) is 0 Å². The van der Waals surface area contributed by atoms with Gasteiger partial charge in [-0.05, 0) is 0 Å². The van der Waals surface area contributed by atoms with Crippen molar-refractivity contribution in [2.45, 2.75) is 26.2 Å². The van der Waals surface area contributed by atoms with Gasteiger partial charge in [0.25, 0.3) is 0 Å². The van der Waals surface area contributed by atoms with Gasteiger partial charge >= 0.3 is 0 Å². The molecule has 4 aromatic rings. The highest BCUT2D eigenvalue weighted by atomic mass is 32.1. The molecule has 8 bridgehead atoms. The molecule has 0 unspecified atom stereocenters. The van der Waals surface area contributed by atoms with Crippen molar-refractivity contribution >= 4 is 45.3 Å². The number of rotatable bonds is 0. The number of thiazole rings is 4. The molecule has 5 heterocycles. The van der Waals surface area contributed by atoms with Gasteiger partial charge in [0.1, 0.15) is 37.1 Å². The second-order valence-corrected chi connectivity index (χ2v) is 9.42. The number of nitrogens with one attached hydrogen (secondary N) is 2. The van der Waals surface area contributed by atoms with Gasteiger partial charge < -0.3 is 10.6 Å². The second-order valence-electron chi connectivity index (χ2n) is 5.73. The molecule has 26 heavy (non-hydrogen) atoms. The molecule has 0 fully saturated rings. The summed E-state index contributed by atoms with van der Waals surface area (Å²) in [6.45, 7) is 2.93. The molecule has 0 saturated carbocycles. The fraction of sp³-hybridized carbons (Fsp3) is 0.250. The first-order valence-electron chi connectivity index (χ1n) is 8.03. The van der Waals surface area contributed by atoms with Crippen LogP contribution >= 0.6 is 45.3 Å². The summed E-state index contributed by atoms with van der Waals surface area (Å²) < 4.78 is 0. The van der Waals surface area contributed by atoms with Gasteiger partial charge in [0.2, 0.25) is 0 Å². The second kappa shape index (κ2) is 7.22. The molecule has 0 radical (unpaired) electrons. The summed E-state index contributed by atoms with van der Waals surface area (Å²) in [5, 5.41) is 19.4. The Morgan fingerprint density at radius 1 is 0.577 bits per heavy atom. The summed E-state index contributed by atoms with van der Waals surface area (Å²) in [6, 6.07) is 0. The van der Waals surface area contributed by atoms with Crippen molar-refractivity contribution < 1.29 is 0 Å². The van der Waals surface area contributed by atoms with Crippen LogP contribution in [-0.4, -0.2) is 19.9 Å². The Kier molecular flexibility index (Phi) is 4.61. The molecule has 0 saturated heterocycles. The Bertz CT molecular complexity index is 866. The SMILES string of the molecule is c1sc2nc1CNCc1nc(cs1)-c1csc(n1)CNCc1nc-2cs1. The first-order chi connectivity index (χ1) is 12.8. The van der Waals surface area contributed by atoms with E-state index in [0.717, 1.165) is 69.0 Å². The summed E-state index contributed by atoms with van der Waals surface area (Å²) in [4.78, 5) is 18.8. The summed E-state index contributed by atoms with van der Waals surface area (Å²) in [5.41, 5.74) is 3.91. The van der Waals surface area contributed by atoms with E-state index in [1.807, 2.05) is 0 Å². The van der Waals surface area contributed by atoms with E-state index in [2.05, 4.69) is 32.2 Å². The van der Waals surface area contributed by atoms with Crippen molar-refractivity contribution in [3.63, 3.8) is 0 Å². The molecule has 10 heteroatoms. The van der Waals surface area contributed by atoms with Crippen LogP contribution in [0.3, 0.4) is 0 Å². The molecule has 6 nitrogen and oxygen atoms in total. The molecular weight excluding hydrogens is 404 g/mol. The first-order valence-corrected chi connectivity index (χ1v) is 11.5. The predicted molar refractivity (Wildman–Crippen MR) is 108 cm³/mol. The average Bonchev–Trinajstić information content (AvgIpc) is 3.41. The lowest BCUT2D eigenvalue weighted by molar-refractivity contribution is 0.679. The number of hydrogen-bond donors (Lipinski definition) is 2. The Hall–Kier alpha value is -1.56. The van der Waals surface area contributed by atoms with Gasteiger partial charge in [0.05, 0.1) is 5.69 Å². The van der Waals surface area contributed by atoms with Gasteiger partial charge in [0, 0.05) is 47.7 Å². The monoisotopic (exact) mass is 418 g/mol. The van der Waals surface area contributed by atoms with Gasteiger partial charge in [-0.25, -0.2) is 19.9 Å². The summed E-state index contributed by atoms with van der Waals surface area (Å²) >= 11 is 6.64. The molecule has 0 spiro atoms. The van der Waals surface area contributed by atoms with Crippen LogP contribution in [0.1, 0.15) is 20.7 Å². The number of nitrogens with zero attached hydrogens (tertiary/aromatic N) is 4. The van der Waals surface area contributed by atoms with E-state index in [9.17, 15) is 0 Å². The molecule has 0 aromatic carbocycles. The van der Waals surface area contributed by atoms with Crippen LogP contribution in [0.4, 0.5) is 0 Å². The van der Waals surface area contributed by atoms with E-state index >= 15 is 0 Å². The van der Waals surface area contributed by atoms with Crippen molar-refractivity contribution in [1.29, 1.82) is 0 Å². The Labute approximate surface area is 166 Å². The Morgan fingerprint density at radius 2 is 1.12 bits per heavy atom. The molecule has 5 rings (SSSR count). The third-order valence-corrected chi connectivity index (χ3v) is 7.28. The number of fused-ring (bicyclic) bond motifs is 10. The molecule has 4 aromatic heterocycles. The standard InChI is InChI=1S/C16H14N6S4/c1-9-5-26-16(19-9)12-8-25-15(22-12)4-18-3-14-21-11(7-24-14)10-6-23-13(20-10)2-17-1/h5-8,17-18H,1-4H2. The van der Waals surface area contributed by atoms with E-state index in [4.69, 9.17) is 19.9 Å². The highest BCUT2D eigenvalue weighted by Crippen LogP contribution is 2.26. The predicted octanol–water partition coefficient (Wildman–Crippen LogP) is 3.74. The van der Waals surface area contributed by atoms with Crippen molar-refractivity contribution in [2.75, 3.05) is 0 Å². The van der Waals surface area contributed by atoms with Gasteiger partial charge in [0.15, 0.2) is 0 Å². The molecule has 0 aliphatic carbocycles. The van der Waals surface area contributed by atoms with Crippen LogP contribution in [0.5, 0.6) is 0 Å². The van der Waals surface area contributed by atoms with Crippen LogP contribution in [0, 0.1) is 0 Å². The quantitative estimate of drug-likeness (QED) is 0.453. The fourth-order valence-electron chi connectivity index (χ4n) is 2.59. The summed E-state index contributed by atoms with van der Waals surface area (Å²) in [5.74, 6) is 0. The van der Waals surface area contributed by atoms with Gasteiger partial charge in [-0.1, -0.05) is 0 Å².